The van der Waals surface area contributed by atoms with E-state index in [9.17, 15) is 24.8 Å². The fourth-order valence-electron chi connectivity index (χ4n) is 2.36. The smallest absolute Gasteiger partial charge is 0.352 e. The summed E-state index contributed by atoms with van der Waals surface area (Å²) in [6, 6.07) is 12.4. The Morgan fingerprint density at radius 2 is 1.74 bits per heavy atom. The van der Waals surface area contributed by atoms with Crippen molar-refractivity contribution in [3.63, 3.8) is 0 Å². The number of nitrogens with one attached hydrogen (secondary N) is 1. The molecule has 7 nitrogen and oxygen atoms in total. The minimum absolute atomic E-state index is 0.0663. The predicted molar refractivity (Wildman–Crippen MR) is 101 cm³/mol. The van der Waals surface area contributed by atoms with Crippen molar-refractivity contribution in [1.29, 1.82) is 0 Å². The minimum Gasteiger partial charge on any atom is -0.477 e. The molecule has 1 amide bonds. The predicted octanol–water partition coefficient (Wildman–Crippen LogP) is 3.75. The van der Waals surface area contributed by atoms with Crippen LogP contribution in [0.1, 0.15) is 42.3 Å². The van der Waals surface area contributed by atoms with Crippen LogP contribution in [0.15, 0.2) is 54.2 Å². The van der Waals surface area contributed by atoms with E-state index >= 15 is 0 Å². The summed E-state index contributed by atoms with van der Waals surface area (Å²) in [5.41, 5.74) is 1.05. The number of amides is 1. The van der Waals surface area contributed by atoms with Crippen LogP contribution in [0.3, 0.4) is 0 Å². The van der Waals surface area contributed by atoms with Crippen LogP contribution in [0.4, 0.5) is 5.69 Å². The number of carboxylic acid groups (broad SMARTS) is 1. The summed E-state index contributed by atoms with van der Waals surface area (Å²) >= 11 is 0. The Hall–Kier alpha value is -3.48. The van der Waals surface area contributed by atoms with Crippen LogP contribution in [0.2, 0.25) is 0 Å². The highest BCUT2D eigenvalue weighted by molar-refractivity contribution is 6.02. The van der Waals surface area contributed by atoms with Gasteiger partial charge in [0, 0.05) is 17.7 Å². The number of nitrogens with zero attached hydrogens (tertiary/aromatic N) is 1. The third-order valence-corrected chi connectivity index (χ3v) is 3.88. The Labute approximate surface area is 156 Å². The molecule has 2 rings (SSSR count). The van der Waals surface area contributed by atoms with Crippen molar-refractivity contribution in [2.75, 3.05) is 0 Å². The maximum absolute atomic E-state index is 12.4. The number of rotatable bonds is 5. The highest BCUT2D eigenvalue weighted by Crippen LogP contribution is 2.22. The highest BCUT2D eigenvalue weighted by Gasteiger charge is 2.17. The molecule has 2 aromatic rings. The number of aliphatic carboxylic acids is 1. The molecular formula is C20H20N2O5. The van der Waals surface area contributed by atoms with Crippen molar-refractivity contribution in [1.82, 2.24) is 5.32 Å². The monoisotopic (exact) mass is 368 g/mol. The highest BCUT2D eigenvalue weighted by atomic mass is 16.6. The molecule has 27 heavy (non-hydrogen) atoms. The van der Waals surface area contributed by atoms with Crippen LogP contribution in [0.25, 0.3) is 6.08 Å². The number of carbonyl (C=O) groups excluding carboxylic acids is 1. The maximum atomic E-state index is 12.4. The number of nitro benzene ring substituents is 1. The molecule has 0 heterocycles. The standard InChI is InChI=1S/C20H20N2O5/c1-20(2,3)15-9-7-14(8-10-15)18(23)21-17(19(24)25)12-13-5-4-6-16(11-13)22(26)27/h4-12H,1-3H3,(H,21,23)(H,24,25)/b17-12+. The molecule has 0 atom stereocenters. The van der Waals surface area contributed by atoms with Crippen molar-refractivity contribution in [3.05, 3.63) is 81.0 Å². The number of nitro groups is 1. The summed E-state index contributed by atoms with van der Waals surface area (Å²) in [5, 5.41) is 22.5. The molecule has 7 heteroatoms. The first kappa shape index (κ1) is 19.8. The van der Waals surface area contributed by atoms with E-state index in [1.165, 1.54) is 30.3 Å². The number of hydrogen-bond donors (Lipinski definition) is 2. The van der Waals surface area contributed by atoms with E-state index in [2.05, 4.69) is 5.32 Å². The van der Waals surface area contributed by atoms with Gasteiger partial charge in [-0.15, -0.1) is 0 Å². The summed E-state index contributed by atoms with van der Waals surface area (Å²) < 4.78 is 0. The van der Waals surface area contributed by atoms with E-state index in [1.54, 1.807) is 12.1 Å². The molecule has 0 aliphatic carbocycles. The second-order valence-electron chi connectivity index (χ2n) is 7.00. The molecule has 0 bridgehead atoms. The molecule has 0 spiro atoms. The molecule has 0 aliphatic heterocycles. The third-order valence-electron chi connectivity index (χ3n) is 3.88. The van der Waals surface area contributed by atoms with E-state index < -0.39 is 16.8 Å². The SMILES string of the molecule is CC(C)(C)c1ccc(C(=O)N/C(=C/c2cccc([N+](=O)[O-])c2)C(=O)O)cc1. The van der Waals surface area contributed by atoms with Crippen LogP contribution in [0.5, 0.6) is 0 Å². The number of carboxylic acids is 1. The van der Waals surface area contributed by atoms with Crippen molar-refractivity contribution in [3.8, 4) is 0 Å². The Bertz CT molecular complexity index is 909. The number of hydrogen-bond acceptors (Lipinski definition) is 4. The zero-order chi connectivity index (χ0) is 20.2. The first-order valence-corrected chi connectivity index (χ1v) is 8.19. The quantitative estimate of drug-likeness (QED) is 0.474. The average molecular weight is 368 g/mol. The van der Waals surface area contributed by atoms with Crippen LogP contribution >= 0.6 is 0 Å². The second kappa shape index (κ2) is 7.82. The van der Waals surface area contributed by atoms with Crippen molar-refractivity contribution in [2.45, 2.75) is 26.2 Å². The Balaban J connectivity index is 2.25. The van der Waals surface area contributed by atoms with Gasteiger partial charge in [0.15, 0.2) is 0 Å². The van der Waals surface area contributed by atoms with E-state index in [0.717, 1.165) is 5.56 Å². The lowest BCUT2D eigenvalue weighted by molar-refractivity contribution is -0.384. The van der Waals surface area contributed by atoms with Gasteiger partial charge in [0.2, 0.25) is 0 Å². The van der Waals surface area contributed by atoms with E-state index in [0.29, 0.717) is 11.1 Å². The normalized spacial score (nSPS) is 11.7. The number of non-ortho nitro benzene ring substituents is 1. The Morgan fingerprint density at radius 1 is 1.11 bits per heavy atom. The van der Waals surface area contributed by atoms with Crippen molar-refractivity contribution >= 4 is 23.6 Å². The summed E-state index contributed by atoms with van der Waals surface area (Å²) in [5.74, 6) is -1.92. The Kier molecular flexibility index (Phi) is 5.75. The number of benzene rings is 2. The lowest BCUT2D eigenvalue weighted by atomic mass is 9.87. The molecular weight excluding hydrogens is 348 g/mol. The van der Waals surface area contributed by atoms with Gasteiger partial charge < -0.3 is 10.4 Å². The van der Waals surface area contributed by atoms with Crippen molar-refractivity contribution < 1.29 is 19.6 Å². The van der Waals surface area contributed by atoms with Gasteiger partial charge in [-0.25, -0.2) is 4.79 Å². The summed E-state index contributed by atoms with van der Waals surface area (Å²) in [4.78, 5) is 34.1. The van der Waals surface area contributed by atoms with Crippen LogP contribution in [0, 0.1) is 10.1 Å². The average Bonchev–Trinajstić information content (AvgIpc) is 2.60. The fraction of sp³-hybridized carbons (Fsp3) is 0.200. The molecule has 140 valence electrons. The zero-order valence-corrected chi connectivity index (χ0v) is 15.2. The molecule has 2 N–H and O–H groups in total. The molecule has 0 fully saturated rings. The molecule has 2 aromatic carbocycles. The lowest BCUT2D eigenvalue weighted by Gasteiger charge is -2.19. The van der Waals surface area contributed by atoms with Gasteiger partial charge in [-0.2, -0.15) is 0 Å². The molecule has 0 aliphatic rings. The summed E-state index contributed by atoms with van der Waals surface area (Å²) in [6.07, 6.45) is 1.18. The van der Waals surface area contributed by atoms with Crippen LogP contribution < -0.4 is 5.32 Å². The first-order valence-electron chi connectivity index (χ1n) is 8.19. The van der Waals surface area contributed by atoms with Gasteiger partial charge in [0.25, 0.3) is 11.6 Å². The van der Waals surface area contributed by atoms with Crippen LogP contribution in [-0.4, -0.2) is 21.9 Å². The third kappa shape index (κ3) is 5.24. The largest absolute Gasteiger partial charge is 0.477 e. The van der Waals surface area contributed by atoms with Gasteiger partial charge in [0.1, 0.15) is 5.70 Å². The van der Waals surface area contributed by atoms with Gasteiger partial charge >= 0.3 is 5.97 Å². The molecule has 0 unspecified atom stereocenters. The van der Waals surface area contributed by atoms with Gasteiger partial charge in [-0.3, -0.25) is 14.9 Å². The van der Waals surface area contributed by atoms with Crippen molar-refractivity contribution in [2.24, 2.45) is 0 Å². The zero-order valence-electron chi connectivity index (χ0n) is 15.2. The number of carbonyl (C=O) groups is 2. The van der Waals surface area contributed by atoms with E-state index in [1.807, 2.05) is 32.9 Å². The summed E-state index contributed by atoms with van der Waals surface area (Å²) in [6.45, 7) is 6.14. The van der Waals surface area contributed by atoms with Gasteiger partial charge in [0.05, 0.1) is 4.92 Å². The summed E-state index contributed by atoms with van der Waals surface area (Å²) in [7, 11) is 0. The second-order valence-corrected chi connectivity index (χ2v) is 7.00. The van der Waals surface area contributed by atoms with Crippen LogP contribution in [-0.2, 0) is 10.2 Å². The van der Waals surface area contributed by atoms with Gasteiger partial charge in [-0.1, -0.05) is 45.0 Å². The Morgan fingerprint density at radius 3 is 2.26 bits per heavy atom. The topological polar surface area (TPSA) is 110 Å². The first-order chi connectivity index (χ1) is 12.6. The maximum Gasteiger partial charge on any atom is 0.352 e. The van der Waals surface area contributed by atoms with E-state index in [-0.39, 0.29) is 16.8 Å². The lowest BCUT2D eigenvalue weighted by Crippen LogP contribution is -2.27. The molecule has 0 radical (unpaired) electrons. The molecule has 0 saturated heterocycles. The minimum atomic E-state index is -1.35. The fourth-order valence-corrected chi connectivity index (χ4v) is 2.36. The van der Waals surface area contributed by atoms with Gasteiger partial charge in [-0.05, 0) is 34.8 Å². The van der Waals surface area contributed by atoms with E-state index in [4.69, 9.17) is 0 Å². The molecule has 0 aromatic heterocycles. The molecule has 0 saturated carbocycles.